The summed E-state index contributed by atoms with van der Waals surface area (Å²) in [5, 5.41) is 6.30. The van der Waals surface area contributed by atoms with Gasteiger partial charge in [0, 0.05) is 35.6 Å². The maximum atomic E-state index is 11.9. The summed E-state index contributed by atoms with van der Waals surface area (Å²) in [6, 6.07) is 7.12. The van der Waals surface area contributed by atoms with Crippen molar-refractivity contribution in [2.45, 2.75) is 38.1 Å². The highest BCUT2D eigenvalue weighted by molar-refractivity contribution is 6.30. The molecular formula is C16H23Cl2N3O2. The number of hydrogen-bond acceptors (Lipinski definition) is 3. The van der Waals surface area contributed by atoms with E-state index in [1.807, 2.05) is 0 Å². The van der Waals surface area contributed by atoms with Crippen molar-refractivity contribution in [1.29, 1.82) is 0 Å². The van der Waals surface area contributed by atoms with Crippen LogP contribution in [-0.2, 0) is 9.59 Å². The fourth-order valence-electron chi connectivity index (χ4n) is 2.62. The smallest absolute Gasteiger partial charge is 0.224 e. The molecule has 1 fully saturated rings. The molecule has 1 aromatic rings. The molecule has 0 bridgehead atoms. The molecule has 2 amide bonds. The molecule has 1 aliphatic carbocycles. The molecule has 128 valence electrons. The zero-order valence-electron chi connectivity index (χ0n) is 12.9. The third-order valence-corrected chi connectivity index (χ3v) is 4.10. The minimum Gasteiger partial charge on any atom is -0.356 e. The molecule has 2 atom stereocenters. The van der Waals surface area contributed by atoms with Gasteiger partial charge in [-0.25, -0.2) is 0 Å². The summed E-state index contributed by atoms with van der Waals surface area (Å²) in [6.07, 6.45) is 3.53. The molecule has 0 aromatic heterocycles. The van der Waals surface area contributed by atoms with E-state index in [4.69, 9.17) is 17.3 Å². The Morgan fingerprint density at radius 3 is 2.52 bits per heavy atom. The van der Waals surface area contributed by atoms with Gasteiger partial charge in [-0.05, 0) is 49.9 Å². The van der Waals surface area contributed by atoms with Crippen LogP contribution in [0.15, 0.2) is 24.3 Å². The number of nitrogens with one attached hydrogen (secondary N) is 2. The van der Waals surface area contributed by atoms with Crippen LogP contribution in [0.5, 0.6) is 0 Å². The lowest BCUT2D eigenvalue weighted by atomic mass is 10.1. The van der Waals surface area contributed by atoms with E-state index >= 15 is 0 Å². The minimum absolute atomic E-state index is 0. The number of nitrogens with two attached hydrogens (primary N) is 1. The molecule has 2 rings (SSSR count). The summed E-state index contributed by atoms with van der Waals surface area (Å²) in [5.41, 5.74) is 6.52. The van der Waals surface area contributed by atoms with Crippen LogP contribution in [0.1, 0.15) is 32.1 Å². The van der Waals surface area contributed by atoms with Crippen molar-refractivity contribution >= 4 is 41.5 Å². The Bertz CT molecular complexity index is 523. The largest absolute Gasteiger partial charge is 0.356 e. The van der Waals surface area contributed by atoms with Crippen molar-refractivity contribution in [1.82, 2.24) is 5.32 Å². The van der Waals surface area contributed by atoms with Gasteiger partial charge in [0.05, 0.1) is 0 Å². The van der Waals surface area contributed by atoms with E-state index in [2.05, 4.69) is 10.6 Å². The van der Waals surface area contributed by atoms with Crippen molar-refractivity contribution in [2.24, 2.45) is 11.7 Å². The van der Waals surface area contributed by atoms with Crippen LogP contribution in [0.3, 0.4) is 0 Å². The summed E-state index contributed by atoms with van der Waals surface area (Å²) in [7, 11) is 0. The normalized spacial score (nSPS) is 19.7. The van der Waals surface area contributed by atoms with Gasteiger partial charge < -0.3 is 16.4 Å². The van der Waals surface area contributed by atoms with Crippen LogP contribution in [-0.4, -0.2) is 24.4 Å². The molecule has 1 aromatic carbocycles. The molecular weight excluding hydrogens is 337 g/mol. The van der Waals surface area contributed by atoms with Crippen molar-refractivity contribution in [3.63, 3.8) is 0 Å². The van der Waals surface area contributed by atoms with Gasteiger partial charge in [-0.3, -0.25) is 9.59 Å². The lowest BCUT2D eigenvalue weighted by Gasteiger charge is -2.10. The third kappa shape index (κ3) is 6.77. The van der Waals surface area contributed by atoms with Gasteiger partial charge in [0.15, 0.2) is 0 Å². The summed E-state index contributed by atoms with van der Waals surface area (Å²) < 4.78 is 0. The van der Waals surface area contributed by atoms with Crippen LogP contribution in [0.25, 0.3) is 0 Å². The Labute approximate surface area is 147 Å². The maximum absolute atomic E-state index is 11.9. The Hall–Kier alpha value is -1.30. The first-order valence-electron chi connectivity index (χ1n) is 7.63. The molecule has 1 saturated carbocycles. The molecule has 0 radical (unpaired) electrons. The molecule has 7 heteroatoms. The van der Waals surface area contributed by atoms with Gasteiger partial charge >= 0.3 is 0 Å². The number of rotatable bonds is 6. The maximum Gasteiger partial charge on any atom is 0.224 e. The van der Waals surface area contributed by atoms with E-state index in [1.165, 1.54) is 0 Å². The van der Waals surface area contributed by atoms with Gasteiger partial charge in [-0.1, -0.05) is 11.6 Å². The zero-order valence-corrected chi connectivity index (χ0v) is 14.5. The Balaban J connectivity index is 0.00000264. The summed E-state index contributed by atoms with van der Waals surface area (Å²) >= 11 is 5.78. The summed E-state index contributed by atoms with van der Waals surface area (Å²) in [6.45, 7) is 0.513. The van der Waals surface area contributed by atoms with Crippen molar-refractivity contribution in [2.75, 3.05) is 11.9 Å². The summed E-state index contributed by atoms with van der Waals surface area (Å²) in [5.74, 6) is 0.0309. The first-order valence-corrected chi connectivity index (χ1v) is 8.01. The first-order chi connectivity index (χ1) is 10.5. The van der Waals surface area contributed by atoms with E-state index in [0.29, 0.717) is 24.4 Å². The average molecular weight is 360 g/mol. The topological polar surface area (TPSA) is 84.2 Å². The predicted octanol–water partition coefficient (Wildman–Crippen LogP) is 2.72. The SMILES string of the molecule is Cl.NC1CCC(C(=O)NCCCC(=O)Nc2ccc(Cl)cc2)C1. The van der Waals surface area contributed by atoms with Crippen LogP contribution in [0, 0.1) is 5.92 Å². The molecule has 2 unspecified atom stereocenters. The van der Waals surface area contributed by atoms with E-state index in [0.717, 1.165) is 24.9 Å². The zero-order chi connectivity index (χ0) is 15.9. The van der Waals surface area contributed by atoms with Crippen molar-refractivity contribution in [3.05, 3.63) is 29.3 Å². The van der Waals surface area contributed by atoms with Crippen LogP contribution < -0.4 is 16.4 Å². The quantitative estimate of drug-likeness (QED) is 0.682. The van der Waals surface area contributed by atoms with E-state index in [9.17, 15) is 9.59 Å². The van der Waals surface area contributed by atoms with Gasteiger partial charge in [-0.2, -0.15) is 0 Å². The van der Waals surface area contributed by atoms with Crippen molar-refractivity contribution in [3.8, 4) is 0 Å². The number of benzene rings is 1. The Kier molecular flexibility index (Phi) is 8.37. The molecule has 0 aliphatic heterocycles. The van der Waals surface area contributed by atoms with Gasteiger partial charge in [0.1, 0.15) is 0 Å². The Morgan fingerprint density at radius 2 is 1.91 bits per heavy atom. The molecule has 4 N–H and O–H groups in total. The lowest BCUT2D eigenvalue weighted by molar-refractivity contribution is -0.125. The highest BCUT2D eigenvalue weighted by Crippen LogP contribution is 2.23. The van der Waals surface area contributed by atoms with Crippen molar-refractivity contribution < 1.29 is 9.59 Å². The van der Waals surface area contributed by atoms with Gasteiger partial charge in [-0.15, -0.1) is 12.4 Å². The minimum atomic E-state index is -0.0699. The van der Waals surface area contributed by atoms with Crippen LogP contribution >= 0.6 is 24.0 Å². The highest BCUT2D eigenvalue weighted by atomic mass is 35.5. The lowest BCUT2D eigenvalue weighted by Crippen LogP contribution is -2.31. The first kappa shape index (κ1) is 19.7. The molecule has 0 saturated heterocycles. The number of anilines is 1. The van der Waals surface area contributed by atoms with Crippen LogP contribution in [0.4, 0.5) is 5.69 Å². The number of hydrogen-bond donors (Lipinski definition) is 3. The highest BCUT2D eigenvalue weighted by Gasteiger charge is 2.27. The average Bonchev–Trinajstić information content (AvgIpc) is 2.92. The number of carbonyl (C=O) groups is 2. The summed E-state index contributed by atoms with van der Waals surface area (Å²) in [4.78, 5) is 23.6. The molecule has 1 aliphatic rings. The van der Waals surface area contributed by atoms with E-state index in [-0.39, 0.29) is 36.2 Å². The molecule has 5 nitrogen and oxygen atoms in total. The van der Waals surface area contributed by atoms with Gasteiger partial charge in [0.2, 0.25) is 11.8 Å². The van der Waals surface area contributed by atoms with E-state index in [1.54, 1.807) is 24.3 Å². The fourth-order valence-corrected chi connectivity index (χ4v) is 2.74. The molecule has 0 heterocycles. The third-order valence-electron chi connectivity index (χ3n) is 3.85. The number of carbonyl (C=O) groups excluding carboxylic acids is 2. The predicted molar refractivity (Wildman–Crippen MR) is 94.9 cm³/mol. The van der Waals surface area contributed by atoms with E-state index < -0.39 is 0 Å². The molecule has 23 heavy (non-hydrogen) atoms. The Morgan fingerprint density at radius 1 is 1.22 bits per heavy atom. The number of amides is 2. The standard InChI is InChI=1S/C16H22ClN3O2.ClH/c17-12-4-7-14(8-5-12)20-15(21)2-1-9-19-16(22)11-3-6-13(18)10-11;/h4-5,7-8,11,13H,1-3,6,9-10,18H2,(H,19,22)(H,20,21);1H. The van der Waals surface area contributed by atoms with Crippen LogP contribution in [0.2, 0.25) is 5.02 Å². The second kappa shape index (κ2) is 9.75. The van der Waals surface area contributed by atoms with Gasteiger partial charge in [0.25, 0.3) is 0 Å². The molecule has 0 spiro atoms. The number of halogens is 2. The fraction of sp³-hybridized carbons (Fsp3) is 0.500. The second-order valence-electron chi connectivity index (χ2n) is 5.72. The monoisotopic (exact) mass is 359 g/mol. The second-order valence-corrected chi connectivity index (χ2v) is 6.16.